The number of hydrogen-bond donors (Lipinski definition) is 2. The van der Waals surface area contributed by atoms with Gasteiger partial charge in [0.2, 0.25) is 10.0 Å². The molecule has 1 aliphatic rings. The molecule has 0 saturated carbocycles. The Morgan fingerprint density at radius 2 is 1.77 bits per heavy atom. The highest BCUT2D eigenvalue weighted by atomic mass is 32.2. The fourth-order valence-electron chi connectivity index (χ4n) is 3.73. The Bertz CT molecular complexity index is 1280. The summed E-state index contributed by atoms with van der Waals surface area (Å²) in [4.78, 5) is 27.7. The third kappa shape index (κ3) is 3.88. The molecule has 0 spiro atoms. The molecule has 1 aromatic heterocycles. The van der Waals surface area contributed by atoms with Gasteiger partial charge in [-0.1, -0.05) is 30.7 Å². The summed E-state index contributed by atoms with van der Waals surface area (Å²) in [5, 5.41) is 3.86. The van der Waals surface area contributed by atoms with Gasteiger partial charge in [-0.3, -0.25) is 9.59 Å². The standard InChI is InChI=1S/C22H23N3O4S/c1-15-9-10-17(14-20(15)30(28,29)25-11-5-2-6-12-25)23-22(27)19-13-16-7-3-4-8-18(16)21(26)24-19/h3-4,7-10,13-14H,2,5-6,11-12H2,1H3,(H,23,27)(H,24,26). The van der Waals surface area contributed by atoms with Crippen molar-refractivity contribution in [2.24, 2.45) is 0 Å². The minimum atomic E-state index is -3.63. The molecule has 0 radical (unpaired) electrons. The molecular weight excluding hydrogens is 402 g/mol. The quantitative estimate of drug-likeness (QED) is 0.670. The van der Waals surface area contributed by atoms with Crippen LogP contribution >= 0.6 is 0 Å². The zero-order chi connectivity index (χ0) is 21.3. The summed E-state index contributed by atoms with van der Waals surface area (Å²) in [6.07, 6.45) is 2.74. The molecule has 2 heterocycles. The fraction of sp³-hybridized carbons (Fsp3) is 0.273. The van der Waals surface area contributed by atoms with Crippen molar-refractivity contribution in [1.29, 1.82) is 0 Å². The van der Waals surface area contributed by atoms with E-state index in [1.165, 1.54) is 10.4 Å². The molecule has 3 aromatic rings. The number of carbonyl (C=O) groups is 1. The van der Waals surface area contributed by atoms with Crippen LogP contribution in [-0.4, -0.2) is 36.7 Å². The predicted octanol–water partition coefficient (Wildman–Crippen LogP) is 3.26. The molecule has 0 unspecified atom stereocenters. The summed E-state index contributed by atoms with van der Waals surface area (Å²) in [7, 11) is -3.63. The van der Waals surface area contributed by atoms with E-state index in [1.54, 1.807) is 49.4 Å². The van der Waals surface area contributed by atoms with Gasteiger partial charge in [0.1, 0.15) is 5.69 Å². The number of aromatic amines is 1. The van der Waals surface area contributed by atoms with Gasteiger partial charge in [0.15, 0.2) is 0 Å². The first kappa shape index (κ1) is 20.3. The Balaban J connectivity index is 1.63. The van der Waals surface area contributed by atoms with E-state index < -0.39 is 15.9 Å². The van der Waals surface area contributed by atoms with Crippen molar-refractivity contribution in [1.82, 2.24) is 9.29 Å². The molecule has 1 aliphatic heterocycles. The normalized spacial score (nSPS) is 15.2. The van der Waals surface area contributed by atoms with Gasteiger partial charge in [0, 0.05) is 24.2 Å². The number of benzene rings is 2. The van der Waals surface area contributed by atoms with Crippen LogP contribution in [0.3, 0.4) is 0 Å². The number of piperidine rings is 1. The van der Waals surface area contributed by atoms with Crippen LogP contribution < -0.4 is 10.9 Å². The van der Waals surface area contributed by atoms with Crippen LogP contribution in [-0.2, 0) is 10.0 Å². The number of nitrogens with one attached hydrogen (secondary N) is 2. The number of fused-ring (bicyclic) bond motifs is 1. The number of aryl methyl sites for hydroxylation is 1. The van der Waals surface area contributed by atoms with E-state index in [0.29, 0.717) is 35.1 Å². The number of H-pyrrole nitrogens is 1. The van der Waals surface area contributed by atoms with Crippen molar-refractivity contribution < 1.29 is 13.2 Å². The molecule has 30 heavy (non-hydrogen) atoms. The minimum absolute atomic E-state index is 0.111. The summed E-state index contributed by atoms with van der Waals surface area (Å²) in [6, 6.07) is 13.4. The van der Waals surface area contributed by atoms with Gasteiger partial charge in [-0.2, -0.15) is 4.31 Å². The molecule has 2 N–H and O–H groups in total. The van der Waals surface area contributed by atoms with Gasteiger partial charge in [-0.05, 0) is 55.0 Å². The lowest BCUT2D eigenvalue weighted by molar-refractivity contribution is 0.102. The molecule has 1 saturated heterocycles. The van der Waals surface area contributed by atoms with E-state index in [4.69, 9.17) is 0 Å². The maximum absolute atomic E-state index is 13.1. The van der Waals surface area contributed by atoms with Gasteiger partial charge in [-0.15, -0.1) is 0 Å². The second kappa shape index (κ2) is 8.04. The van der Waals surface area contributed by atoms with Crippen LogP contribution in [0.5, 0.6) is 0 Å². The summed E-state index contributed by atoms with van der Waals surface area (Å²) in [5.74, 6) is -0.511. The topological polar surface area (TPSA) is 99.3 Å². The smallest absolute Gasteiger partial charge is 0.272 e. The Morgan fingerprint density at radius 3 is 2.53 bits per heavy atom. The summed E-state index contributed by atoms with van der Waals surface area (Å²) < 4.78 is 27.7. The van der Waals surface area contributed by atoms with Crippen molar-refractivity contribution in [3.05, 3.63) is 70.1 Å². The third-order valence-corrected chi connectivity index (χ3v) is 7.42. The highest BCUT2D eigenvalue weighted by Gasteiger charge is 2.27. The molecule has 0 atom stereocenters. The van der Waals surface area contributed by atoms with Crippen molar-refractivity contribution in [3.63, 3.8) is 0 Å². The maximum Gasteiger partial charge on any atom is 0.272 e. The molecule has 156 valence electrons. The first-order valence-corrected chi connectivity index (χ1v) is 11.3. The molecule has 0 bridgehead atoms. The van der Waals surface area contributed by atoms with Crippen LogP contribution in [0.1, 0.15) is 35.3 Å². The van der Waals surface area contributed by atoms with Gasteiger partial charge >= 0.3 is 0 Å². The molecular formula is C22H23N3O4S. The molecule has 1 fully saturated rings. The molecule has 2 aromatic carbocycles. The number of aromatic nitrogens is 1. The zero-order valence-corrected chi connectivity index (χ0v) is 17.5. The zero-order valence-electron chi connectivity index (χ0n) is 16.6. The Labute approximate surface area is 174 Å². The number of nitrogens with zero attached hydrogens (tertiary/aromatic N) is 1. The minimum Gasteiger partial charge on any atom is -0.321 e. The van der Waals surface area contributed by atoms with Crippen molar-refractivity contribution in [3.8, 4) is 0 Å². The number of sulfonamides is 1. The lowest BCUT2D eigenvalue weighted by atomic mass is 10.1. The Morgan fingerprint density at radius 1 is 1.03 bits per heavy atom. The largest absolute Gasteiger partial charge is 0.321 e. The highest BCUT2D eigenvalue weighted by Crippen LogP contribution is 2.26. The number of anilines is 1. The second-order valence-corrected chi connectivity index (χ2v) is 9.40. The molecule has 4 rings (SSSR count). The van der Waals surface area contributed by atoms with Crippen LogP contribution in [0.2, 0.25) is 0 Å². The van der Waals surface area contributed by atoms with Crippen LogP contribution in [0.15, 0.2) is 58.2 Å². The van der Waals surface area contributed by atoms with Gasteiger partial charge in [0.25, 0.3) is 11.5 Å². The molecule has 8 heteroatoms. The van der Waals surface area contributed by atoms with Gasteiger partial charge in [-0.25, -0.2) is 8.42 Å². The lowest BCUT2D eigenvalue weighted by Gasteiger charge is -2.26. The number of amides is 1. The molecule has 0 aliphatic carbocycles. The van der Waals surface area contributed by atoms with Crippen LogP contribution in [0.4, 0.5) is 5.69 Å². The Kier molecular flexibility index (Phi) is 5.44. The van der Waals surface area contributed by atoms with E-state index in [-0.39, 0.29) is 16.1 Å². The monoisotopic (exact) mass is 425 g/mol. The second-order valence-electron chi connectivity index (χ2n) is 7.50. The van der Waals surface area contributed by atoms with Crippen molar-refractivity contribution in [2.45, 2.75) is 31.1 Å². The van der Waals surface area contributed by atoms with E-state index in [9.17, 15) is 18.0 Å². The molecule has 7 nitrogen and oxygen atoms in total. The lowest BCUT2D eigenvalue weighted by Crippen LogP contribution is -2.36. The first-order chi connectivity index (χ1) is 14.4. The third-order valence-electron chi connectivity index (χ3n) is 5.38. The number of pyridine rings is 1. The molecule has 1 amide bonds. The van der Waals surface area contributed by atoms with E-state index in [1.807, 2.05) is 0 Å². The summed E-state index contributed by atoms with van der Waals surface area (Å²) in [6.45, 7) is 2.76. The van der Waals surface area contributed by atoms with Crippen LogP contribution in [0.25, 0.3) is 10.8 Å². The van der Waals surface area contributed by atoms with Gasteiger partial charge < -0.3 is 10.3 Å². The highest BCUT2D eigenvalue weighted by molar-refractivity contribution is 7.89. The predicted molar refractivity (Wildman–Crippen MR) is 116 cm³/mol. The summed E-state index contributed by atoms with van der Waals surface area (Å²) in [5.41, 5.74) is 0.739. The number of carbonyl (C=O) groups excluding carboxylic acids is 1. The fourth-order valence-corrected chi connectivity index (χ4v) is 5.50. The van der Waals surface area contributed by atoms with Crippen molar-refractivity contribution in [2.75, 3.05) is 18.4 Å². The summed E-state index contributed by atoms with van der Waals surface area (Å²) >= 11 is 0. The number of rotatable bonds is 4. The Hall–Kier alpha value is -2.97. The number of hydrogen-bond acceptors (Lipinski definition) is 4. The van der Waals surface area contributed by atoms with E-state index >= 15 is 0 Å². The van der Waals surface area contributed by atoms with Crippen molar-refractivity contribution >= 4 is 32.4 Å². The SMILES string of the molecule is Cc1ccc(NC(=O)c2cc3ccccc3c(=O)[nH]2)cc1S(=O)(=O)N1CCCCC1. The van der Waals surface area contributed by atoms with Crippen LogP contribution in [0, 0.1) is 6.92 Å². The first-order valence-electron chi connectivity index (χ1n) is 9.90. The van der Waals surface area contributed by atoms with Gasteiger partial charge in [0.05, 0.1) is 4.90 Å². The van der Waals surface area contributed by atoms with E-state index in [2.05, 4.69) is 10.3 Å². The van der Waals surface area contributed by atoms with E-state index in [0.717, 1.165) is 19.3 Å². The average molecular weight is 426 g/mol. The maximum atomic E-state index is 13.1. The average Bonchev–Trinajstić information content (AvgIpc) is 2.75.